The second-order valence-electron chi connectivity index (χ2n) is 10.9. The Morgan fingerprint density at radius 3 is 1.67 bits per heavy atom. The van der Waals surface area contributed by atoms with Crippen molar-refractivity contribution in [2.24, 2.45) is 0 Å². The van der Waals surface area contributed by atoms with Crippen LogP contribution in [0, 0.1) is 0 Å². The normalized spacial score (nSPS) is 12.2. The zero-order valence-corrected chi connectivity index (χ0v) is 26.9. The van der Waals surface area contributed by atoms with E-state index in [1.807, 2.05) is 17.0 Å². The molecule has 9 heteroatoms. The molecular formula is C33H57N3O6. The number of carboxylic acid groups (broad SMARTS) is 1. The topological polar surface area (TPSA) is 99.6 Å². The summed E-state index contributed by atoms with van der Waals surface area (Å²) in [5.74, 6) is -1.43. The molecule has 0 aliphatic heterocycles. The lowest BCUT2D eigenvalue weighted by Crippen LogP contribution is -2.46. The van der Waals surface area contributed by atoms with Crippen molar-refractivity contribution in [3.8, 4) is 0 Å². The molecule has 9 nitrogen and oxygen atoms in total. The van der Waals surface area contributed by atoms with E-state index in [2.05, 4.69) is 42.7 Å². The Kier molecular flexibility index (Phi) is 20.6. The summed E-state index contributed by atoms with van der Waals surface area (Å²) in [4.78, 5) is 42.3. The number of aryl methyl sites for hydroxylation is 2. The minimum atomic E-state index is -0.772. The van der Waals surface area contributed by atoms with Gasteiger partial charge in [0.25, 0.3) is 0 Å². The first-order valence-corrected chi connectivity index (χ1v) is 16.1. The lowest BCUT2D eigenvalue weighted by Gasteiger charge is -2.35. The number of hydrogen-bond donors (Lipinski definition) is 1. The van der Waals surface area contributed by atoms with Gasteiger partial charge in [0, 0.05) is 38.6 Å². The number of nitrogens with zero attached hydrogens (tertiary/aromatic N) is 3. The number of aliphatic carboxylic acids is 1. The van der Waals surface area contributed by atoms with Crippen LogP contribution in [0.25, 0.3) is 0 Å². The minimum Gasteiger partial charge on any atom is -0.481 e. The Bertz CT molecular complexity index is 853. The van der Waals surface area contributed by atoms with Crippen LogP contribution in [-0.4, -0.2) is 109 Å². The molecule has 0 spiro atoms. The van der Waals surface area contributed by atoms with Crippen LogP contribution in [0.4, 0.5) is 0 Å². The molecular weight excluding hydrogens is 534 g/mol. The van der Waals surface area contributed by atoms with Gasteiger partial charge in [-0.3, -0.25) is 24.2 Å². The fourth-order valence-electron chi connectivity index (χ4n) is 5.29. The van der Waals surface area contributed by atoms with Crippen LogP contribution in [0.2, 0.25) is 0 Å². The van der Waals surface area contributed by atoms with Crippen molar-refractivity contribution in [1.82, 2.24) is 14.7 Å². The van der Waals surface area contributed by atoms with Gasteiger partial charge in [-0.2, -0.15) is 0 Å². The number of benzene rings is 1. The highest BCUT2D eigenvalue weighted by Crippen LogP contribution is 2.16. The molecule has 0 saturated heterocycles. The highest BCUT2D eigenvalue weighted by Gasteiger charge is 2.22. The summed E-state index contributed by atoms with van der Waals surface area (Å²) >= 11 is 0. The lowest BCUT2D eigenvalue weighted by molar-refractivity contribution is -0.148. The number of ether oxygens (including phenoxy) is 2. The van der Waals surface area contributed by atoms with Crippen LogP contribution < -0.4 is 0 Å². The molecule has 42 heavy (non-hydrogen) atoms. The Morgan fingerprint density at radius 1 is 0.714 bits per heavy atom. The standard InChI is InChI=1S/C33H57N3O6/c1-6-20-34(21-7-2)22-24-36(25-23-35(26-32(39)41-9-4)27-33(40)42-10-5)30(8-3)13-11-12-28-14-16-29(17-15-28)18-19-31(37)38/h14-17,30H,6-13,18-27H2,1-5H3,(H,37,38). The molecule has 0 amide bonds. The molecule has 1 rings (SSSR count). The van der Waals surface area contributed by atoms with E-state index in [9.17, 15) is 14.4 Å². The predicted molar refractivity (Wildman–Crippen MR) is 168 cm³/mol. The van der Waals surface area contributed by atoms with E-state index in [-0.39, 0.29) is 31.4 Å². The monoisotopic (exact) mass is 591 g/mol. The number of esters is 2. The van der Waals surface area contributed by atoms with Crippen molar-refractivity contribution < 1.29 is 29.0 Å². The maximum atomic E-state index is 12.3. The second kappa shape index (κ2) is 23.0. The Labute approximate surface area is 254 Å². The molecule has 0 fully saturated rings. The van der Waals surface area contributed by atoms with Gasteiger partial charge in [-0.15, -0.1) is 0 Å². The highest BCUT2D eigenvalue weighted by molar-refractivity contribution is 5.75. The number of carbonyl (C=O) groups excluding carboxylic acids is 2. The summed E-state index contributed by atoms with van der Waals surface area (Å²) in [7, 11) is 0. The summed E-state index contributed by atoms with van der Waals surface area (Å²) in [6.07, 6.45) is 7.04. The van der Waals surface area contributed by atoms with Crippen LogP contribution in [0.1, 0.15) is 84.3 Å². The zero-order chi connectivity index (χ0) is 31.2. The average Bonchev–Trinajstić information content (AvgIpc) is 2.95. The van der Waals surface area contributed by atoms with Crippen LogP contribution in [0.3, 0.4) is 0 Å². The van der Waals surface area contributed by atoms with Gasteiger partial charge in [0.1, 0.15) is 0 Å². The van der Waals surface area contributed by atoms with Crippen molar-refractivity contribution in [3.63, 3.8) is 0 Å². The van der Waals surface area contributed by atoms with Gasteiger partial charge >= 0.3 is 17.9 Å². The molecule has 0 heterocycles. The van der Waals surface area contributed by atoms with Crippen molar-refractivity contribution in [2.75, 3.05) is 65.6 Å². The SMILES string of the molecule is CCCN(CCC)CCN(CCN(CC(=O)OCC)CC(=O)OCC)C(CC)CCCc1ccc(CCC(=O)O)cc1. The Morgan fingerprint density at radius 2 is 1.21 bits per heavy atom. The molecule has 1 atom stereocenters. The smallest absolute Gasteiger partial charge is 0.320 e. The van der Waals surface area contributed by atoms with Gasteiger partial charge in [-0.1, -0.05) is 45.0 Å². The van der Waals surface area contributed by atoms with Crippen LogP contribution in [0.15, 0.2) is 24.3 Å². The van der Waals surface area contributed by atoms with Gasteiger partial charge in [0.15, 0.2) is 0 Å². The maximum Gasteiger partial charge on any atom is 0.320 e. The summed E-state index contributed by atoms with van der Waals surface area (Å²) in [6.45, 7) is 16.4. The summed E-state index contributed by atoms with van der Waals surface area (Å²) in [5, 5.41) is 8.93. The van der Waals surface area contributed by atoms with Crippen molar-refractivity contribution in [3.05, 3.63) is 35.4 Å². The fourth-order valence-corrected chi connectivity index (χ4v) is 5.29. The fraction of sp³-hybridized carbons (Fsp3) is 0.727. The number of carboxylic acids is 1. The molecule has 0 aromatic heterocycles. The summed E-state index contributed by atoms with van der Waals surface area (Å²) in [5.41, 5.74) is 2.32. The molecule has 0 saturated carbocycles. The lowest BCUT2D eigenvalue weighted by atomic mass is 10.00. The van der Waals surface area contributed by atoms with Crippen LogP contribution >= 0.6 is 0 Å². The number of carbonyl (C=O) groups is 3. The molecule has 0 radical (unpaired) electrons. The third-order valence-corrected chi connectivity index (χ3v) is 7.44. The third-order valence-electron chi connectivity index (χ3n) is 7.44. The molecule has 1 aromatic rings. The quantitative estimate of drug-likeness (QED) is 0.163. The minimum absolute atomic E-state index is 0.0670. The highest BCUT2D eigenvalue weighted by atomic mass is 16.5. The second-order valence-corrected chi connectivity index (χ2v) is 10.9. The van der Waals surface area contributed by atoms with Crippen LogP contribution in [0.5, 0.6) is 0 Å². The van der Waals surface area contributed by atoms with E-state index < -0.39 is 5.97 Å². The van der Waals surface area contributed by atoms with Gasteiger partial charge < -0.3 is 19.5 Å². The van der Waals surface area contributed by atoms with Gasteiger partial charge in [-0.05, 0) is 83.0 Å². The van der Waals surface area contributed by atoms with Crippen molar-refractivity contribution in [2.45, 2.75) is 92.0 Å². The molecule has 0 bridgehead atoms. The van der Waals surface area contributed by atoms with E-state index in [1.54, 1.807) is 13.8 Å². The predicted octanol–water partition coefficient (Wildman–Crippen LogP) is 4.66. The summed E-state index contributed by atoms with van der Waals surface area (Å²) < 4.78 is 10.3. The largest absolute Gasteiger partial charge is 0.481 e. The average molecular weight is 592 g/mol. The van der Waals surface area contributed by atoms with Crippen molar-refractivity contribution in [1.29, 1.82) is 0 Å². The molecule has 1 aromatic carbocycles. The molecule has 240 valence electrons. The molecule has 0 aliphatic rings. The Hall–Kier alpha value is -2.49. The van der Waals surface area contributed by atoms with Gasteiger partial charge in [0.05, 0.1) is 26.3 Å². The van der Waals surface area contributed by atoms with Crippen LogP contribution in [-0.2, 0) is 36.7 Å². The molecule has 1 N–H and O–H groups in total. The van der Waals surface area contributed by atoms with Crippen molar-refractivity contribution >= 4 is 17.9 Å². The van der Waals surface area contributed by atoms with Gasteiger partial charge in [-0.25, -0.2) is 0 Å². The molecule has 0 aliphatic carbocycles. The van der Waals surface area contributed by atoms with E-state index in [1.165, 1.54) is 5.56 Å². The number of rotatable bonds is 25. The first kappa shape index (κ1) is 37.5. The van der Waals surface area contributed by atoms with E-state index in [0.29, 0.717) is 32.2 Å². The zero-order valence-electron chi connectivity index (χ0n) is 26.9. The third kappa shape index (κ3) is 16.8. The molecule has 1 unspecified atom stereocenters. The first-order valence-electron chi connectivity index (χ1n) is 16.1. The van der Waals surface area contributed by atoms with E-state index in [4.69, 9.17) is 14.6 Å². The van der Waals surface area contributed by atoms with E-state index in [0.717, 1.165) is 76.8 Å². The maximum absolute atomic E-state index is 12.3. The number of hydrogen-bond acceptors (Lipinski definition) is 8. The summed E-state index contributed by atoms with van der Waals surface area (Å²) in [6, 6.07) is 8.70. The van der Waals surface area contributed by atoms with E-state index >= 15 is 0 Å². The first-order chi connectivity index (χ1) is 20.3. The van der Waals surface area contributed by atoms with Gasteiger partial charge in [0.2, 0.25) is 0 Å². The Balaban J connectivity index is 2.91.